The zero-order valence-corrected chi connectivity index (χ0v) is 13.2. The summed E-state index contributed by atoms with van der Waals surface area (Å²) in [7, 11) is 0. The lowest BCUT2D eigenvalue weighted by molar-refractivity contribution is -0.137. The van der Waals surface area contributed by atoms with Crippen LogP contribution in [0.15, 0.2) is 48.5 Å². The van der Waals surface area contributed by atoms with Gasteiger partial charge in [-0.05, 0) is 29.8 Å². The summed E-state index contributed by atoms with van der Waals surface area (Å²) in [6, 6.07) is 11.5. The number of halogens is 4. The number of nitrogens with one attached hydrogen (secondary N) is 1. The number of benzene rings is 2. The van der Waals surface area contributed by atoms with Gasteiger partial charge in [-0.25, -0.2) is 0 Å². The van der Waals surface area contributed by atoms with Gasteiger partial charge in [-0.1, -0.05) is 35.9 Å². The fraction of sp³-hybridized carbons (Fsp3) is 0.118. The summed E-state index contributed by atoms with van der Waals surface area (Å²) in [6.07, 6.45) is -4.59. The molecule has 128 valence electrons. The number of alkyl halides is 3. The second kappa shape index (κ2) is 7.36. The summed E-state index contributed by atoms with van der Waals surface area (Å²) in [4.78, 5) is 24.2. The summed E-state index contributed by atoms with van der Waals surface area (Å²) in [5.74, 6) is -3.78. The van der Waals surface area contributed by atoms with Crippen LogP contribution in [0, 0.1) is 11.3 Å². The van der Waals surface area contributed by atoms with E-state index in [2.05, 4.69) is 5.32 Å². The Hall–Kier alpha value is -2.85. The van der Waals surface area contributed by atoms with E-state index in [0.29, 0.717) is 6.07 Å². The molecular weight excluding hydrogens is 357 g/mol. The molecule has 0 saturated heterocycles. The molecule has 0 aliphatic rings. The van der Waals surface area contributed by atoms with Gasteiger partial charge < -0.3 is 5.32 Å². The molecule has 0 heterocycles. The zero-order chi connectivity index (χ0) is 18.6. The molecule has 0 spiro atoms. The lowest BCUT2D eigenvalue weighted by atomic mass is 9.95. The normalized spacial score (nSPS) is 12.1. The van der Waals surface area contributed by atoms with Gasteiger partial charge in [-0.3, -0.25) is 9.59 Å². The molecule has 25 heavy (non-hydrogen) atoms. The monoisotopic (exact) mass is 366 g/mol. The van der Waals surface area contributed by atoms with Crippen LogP contribution in [0.4, 0.5) is 18.9 Å². The number of hydrogen-bond donors (Lipinski definition) is 1. The van der Waals surface area contributed by atoms with Gasteiger partial charge in [0.2, 0.25) is 5.78 Å². The van der Waals surface area contributed by atoms with Crippen molar-refractivity contribution in [2.45, 2.75) is 12.1 Å². The molecule has 0 aromatic heterocycles. The van der Waals surface area contributed by atoms with Gasteiger partial charge in [0.05, 0.1) is 11.6 Å². The smallest absolute Gasteiger partial charge is 0.319 e. The van der Waals surface area contributed by atoms with Crippen LogP contribution >= 0.6 is 11.6 Å². The molecule has 2 rings (SSSR count). The van der Waals surface area contributed by atoms with Crippen molar-refractivity contribution in [1.29, 1.82) is 5.26 Å². The maximum Gasteiger partial charge on any atom is 0.416 e. The topological polar surface area (TPSA) is 70.0 Å². The van der Waals surface area contributed by atoms with Crippen LogP contribution in [0.3, 0.4) is 0 Å². The third-order valence-corrected chi connectivity index (χ3v) is 3.62. The van der Waals surface area contributed by atoms with Crippen molar-refractivity contribution in [2.75, 3.05) is 5.32 Å². The molecule has 1 amide bonds. The molecule has 1 atom stereocenters. The van der Waals surface area contributed by atoms with E-state index in [1.807, 2.05) is 0 Å². The maximum absolute atomic E-state index is 12.7. The number of rotatable bonds is 4. The number of amides is 1. The van der Waals surface area contributed by atoms with Gasteiger partial charge in [0.1, 0.15) is 5.92 Å². The van der Waals surface area contributed by atoms with Crippen molar-refractivity contribution in [3.63, 3.8) is 0 Å². The van der Waals surface area contributed by atoms with E-state index in [0.717, 1.165) is 12.1 Å². The molecule has 1 N–H and O–H groups in total. The number of carbonyl (C=O) groups is 2. The van der Waals surface area contributed by atoms with E-state index in [1.54, 1.807) is 18.2 Å². The van der Waals surface area contributed by atoms with E-state index in [9.17, 15) is 28.0 Å². The van der Waals surface area contributed by atoms with Crippen molar-refractivity contribution in [2.24, 2.45) is 0 Å². The largest absolute Gasteiger partial charge is 0.416 e. The first-order valence-corrected chi connectivity index (χ1v) is 7.28. The van der Waals surface area contributed by atoms with E-state index in [4.69, 9.17) is 11.6 Å². The van der Waals surface area contributed by atoms with Crippen molar-refractivity contribution in [1.82, 2.24) is 0 Å². The number of hydrogen-bond acceptors (Lipinski definition) is 3. The average Bonchev–Trinajstić information content (AvgIpc) is 2.56. The first-order chi connectivity index (χ1) is 11.7. The standard InChI is InChI=1S/C17H10ClF3N2O2/c18-14-7-2-1-6-12(14)13(9-22)15(24)16(25)23-11-5-3-4-10(8-11)17(19,20)21/h1-8,13H,(H,23,25)/t13-/m0/s1. The van der Waals surface area contributed by atoms with Crippen LogP contribution in [-0.4, -0.2) is 11.7 Å². The van der Waals surface area contributed by atoms with Gasteiger partial charge in [-0.2, -0.15) is 18.4 Å². The van der Waals surface area contributed by atoms with Gasteiger partial charge in [0.25, 0.3) is 5.91 Å². The minimum Gasteiger partial charge on any atom is -0.319 e. The third kappa shape index (κ3) is 4.37. The molecule has 0 radical (unpaired) electrons. The summed E-state index contributed by atoms with van der Waals surface area (Å²) in [6.45, 7) is 0. The van der Waals surface area contributed by atoms with Gasteiger partial charge in [-0.15, -0.1) is 0 Å². The Kier molecular flexibility index (Phi) is 5.45. The van der Waals surface area contributed by atoms with Crippen LogP contribution in [0.2, 0.25) is 5.02 Å². The Morgan fingerprint density at radius 1 is 1.12 bits per heavy atom. The Morgan fingerprint density at radius 2 is 1.80 bits per heavy atom. The number of carbonyl (C=O) groups excluding carboxylic acids is 2. The van der Waals surface area contributed by atoms with E-state index in [-0.39, 0.29) is 16.3 Å². The van der Waals surface area contributed by atoms with E-state index < -0.39 is 29.3 Å². The van der Waals surface area contributed by atoms with E-state index in [1.165, 1.54) is 18.2 Å². The lowest BCUT2D eigenvalue weighted by Gasteiger charge is -2.12. The Morgan fingerprint density at radius 3 is 2.40 bits per heavy atom. The second-order valence-electron chi connectivity index (χ2n) is 4.98. The van der Waals surface area contributed by atoms with Crippen molar-refractivity contribution in [3.8, 4) is 6.07 Å². The maximum atomic E-state index is 12.7. The first-order valence-electron chi connectivity index (χ1n) is 6.90. The van der Waals surface area contributed by atoms with Gasteiger partial charge in [0, 0.05) is 10.7 Å². The van der Waals surface area contributed by atoms with Gasteiger partial charge >= 0.3 is 6.18 Å². The van der Waals surface area contributed by atoms with Crippen molar-refractivity contribution >= 4 is 29.0 Å². The number of anilines is 1. The highest BCUT2D eigenvalue weighted by molar-refractivity contribution is 6.43. The highest BCUT2D eigenvalue weighted by Crippen LogP contribution is 2.31. The summed E-state index contributed by atoms with van der Waals surface area (Å²) < 4.78 is 38.0. The molecular formula is C17H10ClF3N2O2. The van der Waals surface area contributed by atoms with Crippen LogP contribution in [0.25, 0.3) is 0 Å². The van der Waals surface area contributed by atoms with Crippen molar-refractivity contribution < 1.29 is 22.8 Å². The molecule has 0 bridgehead atoms. The Labute approximate surface area is 145 Å². The summed E-state index contributed by atoms with van der Waals surface area (Å²) in [5, 5.41) is 11.4. The minimum atomic E-state index is -4.59. The van der Waals surface area contributed by atoms with Crippen LogP contribution < -0.4 is 5.32 Å². The molecule has 0 saturated carbocycles. The summed E-state index contributed by atoms with van der Waals surface area (Å²) >= 11 is 5.92. The predicted molar refractivity (Wildman–Crippen MR) is 84.9 cm³/mol. The summed E-state index contributed by atoms with van der Waals surface area (Å²) in [5.41, 5.74) is -1.03. The van der Waals surface area contributed by atoms with Crippen LogP contribution in [0.1, 0.15) is 17.0 Å². The zero-order valence-electron chi connectivity index (χ0n) is 12.5. The first kappa shape index (κ1) is 18.5. The van der Waals surface area contributed by atoms with E-state index >= 15 is 0 Å². The predicted octanol–water partition coefficient (Wildman–Crippen LogP) is 4.17. The van der Waals surface area contributed by atoms with Crippen LogP contribution in [-0.2, 0) is 15.8 Å². The quantitative estimate of drug-likeness (QED) is 0.825. The second-order valence-corrected chi connectivity index (χ2v) is 5.39. The molecule has 0 fully saturated rings. The fourth-order valence-electron chi connectivity index (χ4n) is 2.08. The van der Waals surface area contributed by atoms with Crippen molar-refractivity contribution in [3.05, 3.63) is 64.7 Å². The molecule has 8 heteroatoms. The number of Topliss-reactive ketones (excluding diaryl/α,β-unsaturated/α-hetero) is 1. The molecule has 2 aromatic carbocycles. The molecule has 2 aromatic rings. The van der Waals surface area contributed by atoms with Crippen LogP contribution in [0.5, 0.6) is 0 Å². The Balaban J connectivity index is 2.22. The molecule has 0 unspecified atom stereocenters. The highest BCUT2D eigenvalue weighted by Gasteiger charge is 2.31. The minimum absolute atomic E-state index is 0.134. The third-order valence-electron chi connectivity index (χ3n) is 3.28. The highest BCUT2D eigenvalue weighted by atomic mass is 35.5. The SMILES string of the molecule is N#C[C@H](C(=O)C(=O)Nc1cccc(C(F)(F)F)c1)c1ccccc1Cl. The number of nitrogens with zero attached hydrogens (tertiary/aromatic N) is 1. The average molecular weight is 367 g/mol. The number of ketones is 1. The molecule has 4 nitrogen and oxygen atoms in total. The molecule has 0 aliphatic carbocycles. The molecule has 0 aliphatic heterocycles. The van der Waals surface area contributed by atoms with Gasteiger partial charge in [0.15, 0.2) is 0 Å². The Bertz CT molecular complexity index is 859. The fourth-order valence-corrected chi connectivity index (χ4v) is 2.32. The number of nitriles is 1. The lowest BCUT2D eigenvalue weighted by Crippen LogP contribution is -2.28.